The van der Waals surface area contributed by atoms with Crippen LogP contribution in [0, 0.1) is 0 Å². The van der Waals surface area contributed by atoms with E-state index in [9.17, 15) is 0 Å². The van der Waals surface area contributed by atoms with Gasteiger partial charge in [-0.25, -0.2) is 4.98 Å². The number of aromatic nitrogens is 2. The Bertz CT molecular complexity index is 632. The second-order valence-corrected chi connectivity index (χ2v) is 7.13. The van der Waals surface area contributed by atoms with Crippen molar-refractivity contribution in [2.45, 2.75) is 43.4 Å². The molecule has 0 atom stereocenters. The largest absolute Gasteiger partial charge is 0.497 e. The van der Waals surface area contributed by atoms with Gasteiger partial charge in [0.1, 0.15) is 5.75 Å². The van der Waals surface area contributed by atoms with Crippen molar-refractivity contribution in [2.75, 3.05) is 19.1 Å². The summed E-state index contributed by atoms with van der Waals surface area (Å²) in [6, 6.07) is 6.00. The number of rotatable bonds is 4. The number of imidazole rings is 1. The molecule has 3 rings (SSSR count). The fraction of sp³-hybridized carbons (Fsp3) is 0.562. The van der Waals surface area contributed by atoms with E-state index in [0.717, 1.165) is 23.3 Å². The molecular weight excluding hydrogens is 282 g/mol. The van der Waals surface area contributed by atoms with Gasteiger partial charge in [0.15, 0.2) is 0 Å². The molecule has 2 aromatic rings. The van der Waals surface area contributed by atoms with Crippen LogP contribution in [0.15, 0.2) is 18.2 Å². The highest BCUT2D eigenvalue weighted by Crippen LogP contribution is 2.41. The van der Waals surface area contributed by atoms with Gasteiger partial charge in [-0.15, -0.1) is 0 Å². The fourth-order valence-corrected chi connectivity index (χ4v) is 4.29. The van der Waals surface area contributed by atoms with Gasteiger partial charge in [-0.05, 0) is 31.2 Å². The summed E-state index contributed by atoms with van der Waals surface area (Å²) in [6.07, 6.45) is 8.76. The number of methoxy groups -OCH3 is 1. The van der Waals surface area contributed by atoms with Crippen molar-refractivity contribution in [3.8, 4) is 5.75 Å². The molecule has 114 valence electrons. The maximum Gasteiger partial charge on any atom is 0.201 e. The van der Waals surface area contributed by atoms with Crippen molar-refractivity contribution in [1.29, 1.82) is 0 Å². The molecule has 5 heteroatoms. The first-order valence-electron chi connectivity index (χ1n) is 7.52. The summed E-state index contributed by atoms with van der Waals surface area (Å²) >= 11 is 1.99. The van der Waals surface area contributed by atoms with Gasteiger partial charge in [0.05, 0.1) is 18.1 Å². The molecule has 1 fully saturated rings. The van der Waals surface area contributed by atoms with Gasteiger partial charge in [0.2, 0.25) is 5.95 Å². The number of fused-ring (bicyclic) bond motifs is 1. The molecule has 1 aliphatic rings. The van der Waals surface area contributed by atoms with Crippen LogP contribution < -0.4 is 10.5 Å². The van der Waals surface area contributed by atoms with Crippen molar-refractivity contribution in [2.24, 2.45) is 0 Å². The van der Waals surface area contributed by atoms with Crippen molar-refractivity contribution < 1.29 is 4.74 Å². The molecule has 0 unspecified atom stereocenters. The Hall–Kier alpha value is -1.36. The lowest BCUT2D eigenvalue weighted by Crippen LogP contribution is -2.33. The summed E-state index contributed by atoms with van der Waals surface area (Å²) < 4.78 is 7.75. The van der Waals surface area contributed by atoms with Gasteiger partial charge in [-0.2, -0.15) is 11.8 Å². The highest BCUT2D eigenvalue weighted by molar-refractivity contribution is 8.00. The molecule has 0 bridgehead atoms. The number of thioether (sulfide) groups is 1. The fourth-order valence-electron chi connectivity index (χ4n) is 3.33. The third-order valence-electron chi connectivity index (χ3n) is 4.63. The van der Waals surface area contributed by atoms with Crippen LogP contribution in [0.5, 0.6) is 5.75 Å². The Morgan fingerprint density at radius 2 is 2.10 bits per heavy atom. The van der Waals surface area contributed by atoms with Crippen LogP contribution in [0.25, 0.3) is 11.0 Å². The van der Waals surface area contributed by atoms with E-state index >= 15 is 0 Å². The number of nitrogens with two attached hydrogens (primary N) is 1. The van der Waals surface area contributed by atoms with Crippen LogP contribution in [0.2, 0.25) is 0 Å². The van der Waals surface area contributed by atoms with Crippen LogP contribution in [0.1, 0.15) is 32.1 Å². The predicted molar refractivity (Wildman–Crippen MR) is 90.0 cm³/mol. The second-order valence-electron chi connectivity index (χ2n) is 5.86. The van der Waals surface area contributed by atoms with Crippen molar-refractivity contribution >= 4 is 28.7 Å². The zero-order valence-corrected chi connectivity index (χ0v) is 13.6. The summed E-state index contributed by atoms with van der Waals surface area (Å²) in [5.41, 5.74) is 8.20. The molecule has 1 aromatic heterocycles. The summed E-state index contributed by atoms with van der Waals surface area (Å²) in [7, 11) is 1.67. The van der Waals surface area contributed by atoms with Gasteiger partial charge >= 0.3 is 0 Å². The smallest absolute Gasteiger partial charge is 0.201 e. The average Bonchev–Trinajstić information content (AvgIpc) is 2.83. The first-order valence-corrected chi connectivity index (χ1v) is 8.75. The Morgan fingerprint density at radius 3 is 2.76 bits per heavy atom. The molecule has 0 radical (unpaired) electrons. The van der Waals surface area contributed by atoms with E-state index in [1.165, 1.54) is 32.1 Å². The van der Waals surface area contributed by atoms with Crippen LogP contribution in [0.3, 0.4) is 0 Å². The summed E-state index contributed by atoms with van der Waals surface area (Å²) in [4.78, 5) is 4.50. The van der Waals surface area contributed by atoms with E-state index in [-0.39, 0.29) is 0 Å². The quantitative estimate of drug-likeness (QED) is 0.936. The predicted octanol–water partition coefficient (Wildman–Crippen LogP) is 3.69. The number of nitrogen functional groups attached to an aromatic ring is 1. The molecule has 1 aromatic carbocycles. The van der Waals surface area contributed by atoms with E-state index in [1.807, 2.05) is 23.9 Å². The highest BCUT2D eigenvalue weighted by atomic mass is 32.2. The molecule has 0 amide bonds. The molecular formula is C16H23N3OS. The number of anilines is 1. The molecule has 0 saturated heterocycles. The SMILES string of the molecule is COc1ccc2c(c1)nc(N)n2CC1(SC)CCCCC1. The molecule has 21 heavy (non-hydrogen) atoms. The van der Waals surface area contributed by atoms with Crippen LogP contribution in [-0.2, 0) is 6.54 Å². The Kier molecular flexibility index (Phi) is 4.02. The first-order chi connectivity index (χ1) is 10.2. The monoisotopic (exact) mass is 305 g/mol. The zero-order chi connectivity index (χ0) is 14.9. The van der Waals surface area contributed by atoms with E-state index in [0.29, 0.717) is 10.7 Å². The average molecular weight is 305 g/mol. The zero-order valence-electron chi connectivity index (χ0n) is 12.8. The maximum absolute atomic E-state index is 6.18. The first kappa shape index (κ1) is 14.6. The lowest BCUT2D eigenvalue weighted by Gasteiger charge is -2.36. The summed E-state index contributed by atoms with van der Waals surface area (Å²) in [5.74, 6) is 1.43. The minimum atomic E-state index is 0.305. The number of ether oxygens (including phenoxy) is 1. The Balaban J connectivity index is 1.97. The minimum Gasteiger partial charge on any atom is -0.497 e. The van der Waals surface area contributed by atoms with Gasteiger partial charge in [0, 0.05) is 17.4 Å². The molecule has 2 N–H and O–H groups in total. The number of hydrogen-bond acceptors (Lipinski definition) is 4. The third-order valence-corrected chi connectivity index (χ3v) is 6.03. The van der Waals surface area contributed by atoms with E-state index in [2.05, 4.69) is 21.9 Å². The molecule has 1 heterocycles. The third kappa shape index (κ3) is 2.71. The van der Waals surface area contributed by atoms with E-state index in [1.54, 1.807) is 7.11 Å². The second kappa shape index (κ2) is 5.79. The highest BCUT2D eigenvalue weighted by Gasteiger charge is 2.32. The van der Waals surface area contributed by atoms with Gasteiger partial charge in [0.25, 0.3) is 0 Å². The van der Waals surface area contributed by atoms with Gasteiger partial charge < -0.3 is 15.0 Å². The molecule has 1 aliphatic carbocycles. The molecule has 0 spiro atoms. The number of hydrogen-bond donors (Lipinski definition) is 1. The normalized spacial score (nSPS) is 18.0. The Morgan fingerprint density at radius 1 is 1.33 bits per heavy atom. The standard InChI is InChI=1S/C16H23N3OS/c1-20-12-6-7-14-13(10-12)18-15(17)19(14)11-16(21-2)8-4-3-5-9-16/h6-7,10H,3-5,8-9,11H2,1-2H3,(H2,17,18). The van der Waals surface area contributed by atoms with Crippen LogP contribution >= 0.6 is 11.8 Å². The maximum atomic E-state index is 6.18. The van der Waals surface area contributed by atoms with Crippen molar-refractivity contribution in [1.82, 2.24) is 9.55 Å². The van der Waals surface area contributed by atoms with Crippen LogP contribution in [0.4, 0.5) is 5.95 Å². The van der Waals surface area contributed by atoms with Crippen LogP contribution in [-0.4, -0.2) is 27.7 Å². The number of benzene rings is 1. The van der Waals surface area contributed by atoms with E-state index in [4.69, 9.17) is 10.5 Å². The van der Waals surface area contributed by atoms with Crippen molar-refractivity contribution in [3.63, 3.8) is 0 Å². The van der Waals surface area contributed by atoms with Gasteiger partial charge in [-0.3, -0.25) is 0 Å². The number of nitrogens with zero attached hydrogens (tertiary/aromatic N) is 2. The molecule has 0 aliphatic heterocycles. The minimum absolute atomic E-state index is 0.305. The van der Waals surface area contributed by atoms with E-state index < -0.39 is 0 Å². The molecule has 1 saturated carbocycles. The van der Waals surface area contributed by atoms with Crippen molar-refractivity contribution in [3.05, 3.63) is 18.2 Å². The Labute approximate surface area is 130 Å². The molecule has 4 nitrogen and oxygen atoms in total. The lowest BCUT2D eigenvalue weighted by molar-refractivity contribution is 0.363. The van der Waals surface area contributed by atoms with Gasteiger partial charge in [-0.1, -0.05) is 19.3 Å². The lowest BCUT2D eigenvalue weighted by atomic mass is 9.88. The summed E-state index contributed by atoms with van der Waals surface area (Å²) in [6.45, 7) is 0.947. The summed E-state index contributed by atoms with van der Waals surface area (Å²) in [5, 5.41) is 0. The topological polar surface area (TPSA) is 53.1 Å².